The Morgan fingerprint density at radius 1 is 1.10 bits per heavy atom. The van der Waals surface area contributed by atoms with Crippen molar-refractivity contribution in [3.8, 4) is 5.75 Å². The molecule has 0 N–H and O–H groups in total. The van der Waals surface area contributed by atoms with Crippen molar-refractivity contribution >= 4 is 11.8 Å². The summed E-state index contributed by atoms with van der Waals surface area (Å²) in [4.78, 5) is 29.0. The zero-order valence-electron chi connectivity index (χ0n) is 17.6. The second kappa shape index (κ2) is 10.2. The molecule has 30 heavy (non-hydrogen) atoms. The van der Waals surface area contributed by atoms with E-state index in [1.165, 1.54) is 12.1 Å². The van der Waals surface area contributed by atoms with Gasteiger partial charge in [0.15, 0.2) is 0 Å². The Morgan fingerprint density at radius 2 is 1.83 bits per heavy atom. The molecule has 2 aromatic rings. The molecule has 0 saturated carbocycles. The summed E-state index contributed by atoms with van der Waals surface area (Å²) >= 11 is 0. The maximum atomic E-state index is 13.7. The maximum Gasteiger partial charge on any atom is 0.226 e. The van der Waals surface area contributed by atoms with Crippen molar-refractivity contribution in [2.45, 2.75) is 39.3 Å². The van der Waals surface area contributed by atoms with E-state index in [-0.39, 0.29) is 23.5 Å². The number of rotatable bonds is 7. The molecule has 5 nitrogen and oxygen atoms in total. The molecule has 160 valence electrons. The number of likely N-dealkylation sites (tertiary alicyclic amines) is 1. The SMILES string of the molecule is CCC(=O)N1CCC(C(=O)N(Cc2cccc(F)c2)Cc2ccccc2OC)CC1. The first-order valence-electron chi connectivity index (χ1n) is 10.4. The van der Waals surface area contributed by atoms with Crippen molar-refractivity contribution in [3.05, 3.63) is 65.5 Å². The molecule has 1 aliphatic heterocycles. The summed E-state index contributed by atoms with van der Waals surface area (Å²) < 4.78 is 19.2. The average molecular weight is 413 g/mol. The van der Waals surface area contributed by atoms with Crippen molar-refractivity contribution in [2.75, 3.05) is 20.2 Å². The predicted molar refractivity (Wildman–Crippen MR) is 113 cm³/mol. The molecule has 0 bridgehead atoms. The van der Waals surface area contributed by atoms with Crippen LogP contribution < -0.4 is 4.74 Å². The molecular formula is C24H29FN2O3. The Balaban J connectivity index is 1.78. The number of para-hydroxylation sites is 1. The number of halogens is 1. The standard InChI is InChI=1S/C24H29FN2O3/c1-3-23(28)26-13-11-19(12-14-26)24(29)27(16-18-7-6-9-21(25)15-18)17-20-8-4-5-10-22(20)30-2/h4-10,15,19H,3,11-14,16-17H2,1-2H3. The number of hydrogen-bond acceptors (Lipinski definition) is 3. The third-order valence-corrected chi connectivity index (χ3v) is 5.63. The fourth-order valence-corrected chi connectivity index (χ4v) is 3.96. The van der Waals surface area contributed by atoms with Crippen molar-refractivity contribution in [2.24, 2.45) is 5.92 Å². The molecule has 0 spiro atoms. The average Bonchev–Trinajstić information content (AvgIpc) is 2.78. The van der Waals surface area contributed by atoms with Crippen LogP contribution in [0.2, 0.25) is 0 Å². The van der Waals surface area contributed by atoms with E-state index < -0.39 is 0 Å². The number of ether oxygens (including phenoxy) is 1. The first-order valence-corrected chi connectivity index (χ1v) is 10.4. The predicted octanol–water partition coefficient (Wildman–Crippen LogP) is 4.01. The molecule has 0 atom stereocenters. The summed E-state index contributed by atoms with van der Waals surface area (Å²) in [6, 6.07) is 14.0. The fourth-order valence-electron chi connectivity index (χ4n) is 3.96. The molecule has 2 amide bonds. The number of piperidine rings is 1. The molecule has 1 saturated heterocycles. The Bertz CT molecular complexity index is 878. The van der Waals surface area contributed by atoms with Crippen LogP contribution in [0.4, 0.5) is 4.39 Å². The third kappa shape index (κ3) is 5.38. The molecule has 0 aliphatic carbocycles. The summed E-state index contributed by atoms with van der Waals surface area (Å²) in [5.74, 6) is 0.427. The van der Waals surface area contributed by atoms with Gasteiger partial charge in [-0.2, -0.15) is 0 Å². The van der Waals surface area contributed by atoms with Gasteiger partial charge in [-0.05, 0) is 36.6 Å². The zero-order chi connectivity index (χ0) is 21.5. The van der Waals surface area contributed by atoms with Crippen molar-refractivity contribution in [1.82, 2.24) is 9.80 Å². The summed E-state index contributed by atoms with van der Waals surface area (Å²) in [5, 5.41) is 0. The zero-order valence-corrected chi connectivity index (χ0v) is 17.6. The first kappa shape index (κ1) is 21.8. The van der Waals surface area contributed by atoms with E-state index in [1.807, 2.05) is 42.2 Å². The van der Waals surface area contributed by atoms with Gasteiger partial charge in [-0.25, -0.2) is 4.39 Å². The van der Waals surface area contributed by atoms with Crippen molar-refractivity contribution in [1.29, 1.82) is 0 Å². The lowest BCUT2D eigenvalue weighted by Gasteiger charge is -2.34. The molecule has 1 fully saturated rings. The van der Waals surface area contributed by atoms with Gasteiger partial charge in [0.1, 0.15) is 11.6 Å². The van der Waals surface area contributed by atoms with E-state index in [4.69, 9.17) is 4.74 Å². The molecule has 1 aliphatic rings. The van der Waals surface area contributed by atoms with Crippen LogP contribution >= 0.6 is 0 Å². The molecular weight excluding hydrogens is 383 g/mol. The molecule has 0 unspecified atom stereocenters. The molecule has 1 heterocycles. The van der Waals surface area contributed by atoms with Crippen LogP contribution in [0.15, 0.2) is 48.5 Å². The molecule has 0 radical (unpaired) electrons. The minimum atomic E-state index is -0.316. The van der Waals surface area contributed by atoms with E-state index >= 15 is 0 Å². The number of hydrogen-bond donors (Lipinski definition) is 0. The van der Waals surface area contributed by atoms with Gasteiger partial charge < -0.3 is 14.5 Å². The van der Waals surface area contributed by atoms with Crippen LogP contribution in [0.3, 0.4) is 0 Å². The van der Waals surface area contributed by atoms with Crippen LogP contribution in [0.5, 0.6) is 5.75 Å². The summed E-state index contributed by atoms with van der Waals surface area (Å²) in [6.07, 6.45) is 1.78. The fraction of sp³-hybridized carbons (Fsp3) is 0.417. The lowest BCUT2D eigenvalue weighted by atomic mass is 9.94. The van der Waals surface area contributed by atoms with E-state index in [2.05, 4.69) is 0 Å². The van der Waals surface area contributed by atoms with Gasteiger partial charge >= 0.3 is 0 Å². The number of carbonyl (C=O) groups excluding carboxylic acids is 2. The highest BCUT2D eigenvalue weighted by Crippen LogP contribution is 2.25. The summed E-state index contributed by atoms with van der Waals surface area (Å²) in [6.45, 7) is 3.76. The Labute approximate surface area is 177 Å². The van der Waals surface area contributed by atoms with Gasteiger partial charge in [0, 0.05) is 44.1 Å². The highest BCUT2D eigenvalue weighted by molar-refractivity contribution is 5.80. The largest absolute Gasteiger partial charge is 0.496 e. The number of benzene rings is 2. The molecule has 2 aromatic carbocycles. The number of amides is 2. The smallest absolute Gasteiger partial charge is 0.226 e. The quantitative estimate of drug-likeness (QED) is 0.690. The van der Waals surface area contributed by atoms with E-state index in [9.17, 15) is 14.0 Å². The maximum absolute atomic E-state index is 13.7. The monoisotopic (exact) mass is 412 g/mol. The van der Waals surface area contributed by atoms with Gasteiger partial charge in [-0.3, -0.25) is 9.59 Å². The van der Waals surface area contributed by atoms with Gasteiger partial charge in [-0.1, -0.05) is 37.3 Å². The molecule has 3 rings (SSSR count). The van der Waals surface area contributed by atoms with Gasteiger partial charge in [0.2, 0.25) is 11.8 Å². The third-order valence-electron chi connectivity index (χ3n) is 5.63. The lowest BCUT2D eigenvalue weighted by molar-refractivity contribution is -0.141. The van der Waals surface area contributed by atoms with Gasteiger partial charge in [-0.15, -0.1) is 0 Å². The Kier molecular flexibility index (Phi) is 7.44. The van der Waals surface area contributed by atoms with Gasteiger partial charge in [0.05, 0.1) is 7.11 Å². The second-order valence-corrected chi connectivity index (χ2v) is 7.64. The normalized spacial score (nSPS) is 14.4. The Morgan fingerprint density at radius 3 is 2.50 bits per heavy atom. The van der Waals surface area contributed by atoms with E-state index in [0.29, 0.717) is 45.4 Å². The number of nitrogens with zero attached hydrogens (tertiary/aromatic N) is 2. The number of carbonyl (C=O) groups is 2. The Hall–Kier alpha value is -2.89. The summed E-state index contributed by atoms with van der Waals surface area (Å²) in [5.41, 5.74) is 1.65. The second-order valence-electron chi connectivity index (χ2n) is 7.64. The van der Waals surface area contributed by atoms with Crippen molar-refractivity contribution < 1.29 is 18.7 Å². The summed E-state index contributed by atoms with van der Waals surface area (Å²) in [7, 11) is 1.61. The van der Waals surface area contributed by atoms with Crippen LogP contribution in [0, 0.1) is 11.7 Å². The first-order chi connectivity index (χ1) is 14.5. The van der Waals surface area contributed by atoms with E-state index in [0.717, 1.165) is 16.9 Å². The van der Waals surface area contributed by atoms with E-state index in [1.54, 1.807) is 18.1 Å². The van der Waals surface area contributed by atoms with Crippen LogP contribution in [-0.4, -0.2) is 41.8 Å². The topological polar surface area (TPSA) is 49.9 Å². The van der Waals surface area contributed by atoms with Gasteiger partial charge in [0.25, 0.3) is 0 Å². The van der Waals surface area contributed by atoms with Crippen LogP contribution in [0.1, 0.15) is 37.3 Å². The molecule has 6 heteroatoms. The minimum absolute atomic E-state index is 0.0359. The van der Waals surface area contributed by atoms with Crippen LogP contribution in [-0.2, 0) is 22.7 Å². The molecule has 0 aromatic heterocycles. The lowest BCUT2D eigenvalue weighted by Crippen LogP contribution is -2.44. The van der Waals surface area contributed by atoms with Crippen molar-refractivity contribution in [3.63, 3.8) is 0 Å². The number of methoxy groups -OCH3 is 1. The highest BCUT2D eigenvalue weighted by Gasteiger charge is 2.30. The minimum Gasteiger partial charge on any atom is -0.496 e. The highest BCUT2D eigenvalue weighted by atomic mass is 19.1. The van der Waals surface area contributed by atoms with Crippen LogP contribution in [0.25, 0.3) is 0 Å².